The molecule has 0 radical (unpaired) electrons. The number of hydrogen-bond acceptors (Lipinski definition) is 5. The third-order valence-corrected chi connectivity index (χ3v) is 5.63. The Morgan fingerprint density at radius 3 is 2.38 bits per heavy atom. The van der Waals surface area contributed by atoms with E-state index in [1.54, 1.807) is 4.90 Å². The first-order valence-electron chi connectivity index (χ1n) is 11.0. The molecule has 0 fully saturated rings. The number of hydrogen-bond donors (Lipinski definition) is 1. The van der Waals surface area contributed by atoms with Gasteiger partial charge in [-0.2, -0.15) is 0 Å². The number of urea groups is 1. The molecule has 1 aliphatic heterocycles. The first-order valence-corrected chi connectivity index (χ1v) is 11.0. The third-order valence-electron chi connectivity index (χ3n) is 5.63. The van der Waals surface area contributed by atoms with Crippen molar-refractivity contribution >= 4 is 17.7 Å². The Balaban J connectivity index is 1.96. The van der Waals surface area contributed by atoms with Crippen LogP contribution in [0.5, 0.6) is 11.5 Å². The minimum Gasteiger partial charge on any atom is -0.490 e. The molecule has 7 nitrogen and oxygen atoms in total. The molecule has 172 valence electrons. The highest BCUT2D eigenvalue weighted by Gasteiger charge is 2.34. The van der Waals surface area contributed by atoms with Gasteiger partial charge in [-0.15, -0.1) is 0 Å². The molecule has 3 rings (SSSR count). The van der Waals surface area contributed by atoms with Gasteiger partial charge in [0.1, 0.15) is 0 Å². The van der Waals surface area contributed by atoms with Gasteiger partial charge < -0.3 is 24.4 Å². The van der Waals surface area contributed by atoms with Gasteiger partial charge in [0.2, 0.25) is 0 Å². The predicted octanol–water partition coefficient (Wildman–Crippen LogP) is 4.80. The first-order chi connectivity index (χ1) is 15.4. The Labute approximate surface area is 189 Å². The van der Waals surface area contributed by atoms with Crippen LogP contribution in [0.4, 0.5) is 10.5 Å². The molecular weight excluding hydrogens is 408 g/mol. The van der Waals surface area contributed by atoms with Crippen molar-refractivity contribution in [2.24, 2.45) is 0 Å². The Bertz CT molecular complexity index is 989. The molecule has 7 heteroatoms. The maximum atomic E-state index is 13.3. The topological polar surface area (TPSA) is 77.1 Å². The van der Waals surface area contributed by atoms with Crippen LogP contribution in [0, 0.1) is 13.8 Å². The first kappa shape index (κ1) is 23.4. The van der Waals surface area contributed by atoms with E-state index in [0.29, 0.717) is 37.7 Å². The second kappa shape index (κ2) is 10.4. The standard InChI is InChI=1S/C25H32N2O5/c1-6-31-22-13-18-10-11-27(25(29)26-20-9-8-16(3)12-17(20)4)21(15-24(28)30-5)19(18)14-23(22)32-7-2/h8-9,12-14,21H,6-7,10-11,15H2,1-5H3,(H,26,29)/t21-/m1/s1. The number of rotatable bonds is 7. The molecule has 1 atom stereocenters. The lowest BCUT2D eigenvalue weighted by Crippen LogP contribution is -2.43. The van der Waals surface area contributed by atoms with Crippen molar-refractivity contribution in [3.8, 4) is 11.5 Å². The lowest BCUT2D eigenvalue weighted by atomic mass is 9.90. The van der Waals surface area contributed by atoms with E-state index in [-0.39, 0.29) is 18.4 Å². The van der Waals surface area contributed by atoms with Crippen LogP contribution in [0.3, 0.4) is 0 Å². The maximum Gasteiger partial charge on any atom is 0.322 e. The number of ether oxygens (including phenoxy) is 3. The monoisotopic (exact) mass is 440 g/mol. The lowest BCUT2D eigenvalue weighted by Gasteiger charge is -2.37. The van der Waals surface area contributed by atoms with Gasteiger partial charge in [-0.3, -0.25) is 4.79 Å². The van der Waals surface area contributed by atoms with Gasteiger partial charge in [0.05, 0.1) is 32.8 Å². The van der Waals surface area contributed by atoms with E-state index >= 15 is 0 Å². The number of anilines is 1. The number of carbonyl (C=O) groups excluding carboxylic acids is 2. The summed E-state index contributed by atoms with van der Waals surface area (Å²) in [6.45, 7) is 9.29. The van der Waals surface area contributed by atoms with Gasteiger partial charge in [-0.05, 0) is 69.0 Å². The average Bonchev–Trinajstić information content (AvgIpc) is 2.76. The summed E-state index contributed by atoms with van der Waals surface area (Å²) in [6, 6.07) is 9.04. The Kier molecular flexibility index (Phi) is 7.62. The fraction of sp³-hybridized carbons (Fsp3) is 0.440. The lowest BCUT2D eigenvalue weighted by molar-refractivity contribution is -0.141. The molecule has 2 amide bonds. The van der Waals surface area contributed by atoms with E-state index in [0.717, 1.165) is 27.9 Å². The van der Waals surface area contributed by atoms with Crippen molar-refractivity contribution < 1.29 is 23.8 Å². The molecule has 0 spiro atoms. The van der Waals surface area contributed by atoms with Crippen LogP contribution in [-0.2, 0) is 16.0 Å². The summed E-state index contributed by atoms with van der Waals surface area (Å²) < 4.78 is 16.5. The Hall–Kier alpha value is -3.22. The zero-order chi connectivity index (χ0) is 23.3. The fourth-order valence-electron chi connectivity index (χ4n) is 4.09. The largest absolute Gasteiger partial charge is 0.490 e. The molecule has 1 N–H and O–H groups in total. The van der Waals surface area contributed by atoms with Crippen LogP contribution >= 0.6 is 0 Å². The van der Waals surface area contributed by atoms with Gasteiger partial charge in [-0.1, -0.05) is 17.7 Å². The zero-order valence-electron chi connectivity index (χ0n) is 19.5. The highest BCUT2D eigenvalue weighted by atomic mass is 16.5. The normalized spacial score (nSPS) is 15.0. The van der Waals surface area contributed by atoms with Gasteiger partial charge in [0, 0.05) is 12.2 Å². The molecule has 0 aromatic heterocycles. The van der Waals surface area contributed by atoms with Crippen molar-refractivity contribution in [1.29, 1.82) is 0 Å². The molecule has 32 heavy (non-hydrogen) atoms. The van der Waals surface area contributed by atoms with Crippen LogP contribution in [-0.4, -0.2) is 43.8 Å². The van der Waals surface area contributed by atoms with Crippen LogP contribution < -0.4 is 14.8 Å². The second-order valence-corrected chi connectivity index (χ2v) is 7.85. The molecule has 2 aromatic rings. The van der Waals surface area contributed by atoms with Gasteiger partial charge >= 0.3 is 12.0 Å². The summed E-state index contributed by atoms with van der Waals surface area (Å²) in [7, 11) is 1.36. The summed E-state index contributed by atoms with van der Waals surface area (Å²) in [5.74, 6) is 0.914. The number of methoxy groups -OCH3 is 1. The van der Waals surface area contributed by atoms with Crippen LogP contribution in [0.25, 0.3) is 0 Å². The summed E-state index contributed by atoms with van der Waals surface area (Å²) in [6.07, 6.45) is 0.711. The highest BCUT2D eigenvalue weighted by Crippen LogP contribution is 2.40. The average molecular weight is 441 g/mol. The minimum atomic E-state index is -0.466. The molecule has 0 unspecified atom stereocenters. The Morgan fingerprint density at radius 2 is 1.75 bits per heavy atom. The van der Waals surface area contributed by atoms with E-state index in [2.05, 4.69) is 5.32 Å². The van der Waals surface area contributed by atoms with E-state index in [4.69, 9.17) is 14.2 Å². The molecule has 0 bridgehead atoms. The third kappa shape index (κ3) is 5.15. The molecular formula is C25H32N2O5. The number of carbonyl (C=O) groups is 2. The second-order valence-electron chi connectivity index (χ2n) is 7.85. The smallest absolute Gasteiger partial charge is 0.322 e. The fourth-order valence-corrected chi connectivity index (χ4v) is 4.09. The van der Waals surface area contributed by atoms with E-state index in [1.807, 2.05) is 58.0 Å². The predicted molar refractivity (Wildman–Crippen MR) is 123 cm³/mol. The molecule has 1 aliphatic rings. The number of esters is 1. The molecule has 0 saturated heterocycles. The van der Waals surface area contributed by atoms with Crippen molar-refractivity contribution in [1.82, 2.24) is 4.90 Å². The number of nitrogens with zero attached hydrogens (tertiary/aromatic N) is 1. The number of nitrogens with one attached hydrogen (secondary N) is 1. The van der Waals surface area contributed by atoms with Gasteiger partial charge in [-0.25, -0.2) is 4.79 Å². The summed E-state index contributed by atoms with van der Waals surface area (Å²) in [5.41, 5.74) is 4.79. The van der Waals surface area contributed by atoms with Crippen LogP contribution in [0.2, 0.25) is 0 Å². The Morgan fingerprint density at radius 1 is 1.06 bits per heavy atom. The molecule has 2 aromatic carbocycles. The number of fused-ring (bicyclic) bond motifs is 1. The SMILES string of the molecule is CCOc1cc2c(cc1OCC)[C@@H](CC(=O)OC)N(C(=O)Nc1ccc(C)cc1C)CC2. The maximum absolute atomic E-state index is 13.3. The summed E-state index contributed by atoms with van der Waals surface area (Å²) in [5, 5.41) is 3.01. The quantitative estimate of drug-likeness (QED) is 0.626. The zero-order valence-corrected chi connectivity index (χ0v) is 19.5. The highest BCUT2D eigenvalue weighted by molar-refractivity contribution is 5.91. The van der Waals surface area contributed by atoms with Crippen LogP contribution in [0.15, 0.2) is 30.3 Å². The van der Waals surface area contributed by atoms with Crippen molar-refractivity contribution in [2.45, 2.75) is 46.6 Å². The van der Waals surface area contributed by atoms with Gasteiger partial charge in [0.25, 0.3) is 0 Å². The molecule has 0 aliphatic carbocycles. The van der Waals surface area contributed by atoms with Crippen molar-refractivity contribution in [2.75, 3.05) is 32.2 Å². The number of benzene rings is 2. The van der Waals surface area contributed by atoms with E-state index in [1.165, 1.54) is 7.11 Å². The summed E-state index contributed by atoms with van der Waals surface area (Å²) in [4.78, 5) is 27.2. The number of aryl methyl sites for hydroxylation is 2. The number of amides is 2. The van der Waals surface area contributed by atoms with E-state index < -0.39 is 6.04 Å². The van der Waals surface area contributed by atoms with E-state index in [9.17, 15) is 9.59 Å². The summed E-state index contributed by atoms with van der Waals surface area (Å²) >= 11 is 0. The molecule has 0 saturated carbocycles. The minimum absolute atomic E-state index is 0.0589. The van der Waals surface area contributed by atoms with Crippen LogP contribution in [0.1, 0.15) is 48.6 Å². The van der Waals surface area contributed by atoms with Gasteiger partial charge in [0.15, 0.2) is 11.5 Å². The van der Waals surface area contributed by atoms with Crippen molar-refractivity contribution in [3.63, 3.8) is 0 Å². The van der Waals surface area contributed by atoms with Crippen molar-refractivity contribution in [3.05, 3.63) is 52.6 Å². The molecule has 1 heterocycles.